The SMILES string of the molecule is Cc1cc(C)cc(OCc2nc(CCN(C)C(=O)NC3CCCC3)no2)c1. The number of amides is 2. The highest BCUT2D eigenvalue weighted by Gasteiger charge is 2.19. The highest BCUT2D eigenvalue weighted by atomic mass is 16.5. The predicted octanol–water partition coefficient (Wildman–Crippen LogP) is 3.39. The Labute approximate surface area is 160 Å². The molecule has 3 rings (SSSR count). The molecule has 1 heterocycles. The second-order valence-corrected chi connectivity index (χ2v) is 7.32. The molecule has 7 nitrogen and oxygen atoms in total. The van der Waals surface area contributed by atoms with E-state index >= 15 is 0 Å². The van der Waals surface area contributed by atoms with Crippen molar-refractivity contribution in [3.63, 3.8) is 0 Å². The van der Waals surface area contributed by atoms with Crippen molar-refractivity contribution >= 4 is 6.03 Å². The number of rotatable bonds is 7. The summed E-state index contributed by atoms with van der Waals surface area (Å²) in [5, 5.41) is 7.04. The van der Waals surface area contributed by atoms with Crippen LogP contribution in [0.1, 0.15) is 48.5 Å². The van der Waals surface area contributed by atoms with Gasteiger partial charge in [0.2, 0.25) is 0 Å². The standard InChI is InChI=1S/C20H28N4O3/c1-14-10-15(2)12-17(11-14)26-13-19-22-18(23-27-19)8-9-24(3)20(25)21-16-6-4-5-7-16/h10-12,16H,4-9,13H2,1-3H3,(H,21,25). The number of likely N-dealkylation sites (N-methyl/N-ethyl adjacent to an activating group) is 1. The van der Waals surface area contributed by atoms with Crippen LogP contribution in [0.2, 0.25) is 0 Å². The van der Waals surface area contributed by atoms with Crippen molar-refractivity contribution in [3.05, 3.63) is 41.0 Å². The molecule has 0 atom stereocenters. The molecule has 0 aliphatic heterocycles. The van der Waals surface area contributed by atoms with Gasteiger partial charge in [-0.25, -0.2) is 4.79 Å². The number of urea groups is 1. The maximum absolute atomic E-state index is 12.2. The summed E-state index contributed by atoms with van der Waals surface area (Å²) in [7, 11) is 1.79. The molecule has 1 aromatic heterocycles. The van der Waals surface area contributed by atoms with Gasteiger partial charge in [-0.2, -0.15) is 4.98 Å². The van der Waals surface area contributed by atoms with Crippen LogP contribution in [-0.2, 0) is 13.0 Å². The molecular formula is C20H28N4O3. The molecule has 0 bridgehead atoms. The smallest absolute Gasteiger partial charge is 0.317 e. The highest BCUT2D eigenvalue weighted by molar-refractivity contribution is 5.74. The second kappa shape index (κ2) is 8.88. The third-order valence-electron chi connectivity index (χ3n) is 4.77. The zero-order valence-corrected chi connectivity index (χ0v) is 16.3. The molecule has 0 unspecified atom stereocenters. The normalized spacial score (nSPS) is 14.3. The van der Waals surface area contributed by atoms with Crippen LogP contribution < -0.4 is 10.1 Å². The third-order valence-corrected chi connectivity index (χ3v) is 4.77. The first-order valence-electron chi connectivity index (χ1n) is 9.54. The van der Waals surface area contributed by atoms with Gasteiger partial charge in [0.05, 0.1) is 0 Å². The molecular weight excluding hydrogens is 344 g/mol. The number of ether oxygens (including phenoxy) is 1. The molecule has 1 aliphatic carbocycles. The summed E-state index contributed by atoms with van der Waals surface area (Å²) in [5.41, 5.74) is 2.30. The molecule has 7 heteroatoms. The van der Waals surface area contributed by atoms with Crippen LogP contribution in [0.4, 0.5) is 4.79 Å². The summed E-state index contributed by atoms with van der Waals surface area (Å²) in [6.07, 6.45) is 5.10. The minimum atomic E-state index is -0.0382. The first-order chi connectivity index (χ1) is 13.0. The molecule has 1 aromatic carbocycles. The molecule has 146 valence electrons. The van der Waals surface area contributed by atoms with E-state index in [4.69, 9.17) is 9.26 Å². The van der Waals surface area contributed by atoms with E-state index in [0.717, 1.165) is 29.7 Å². The van der Waals surface area contributed by atoms with Crippen LogP contribution in [-0.4, -0.2) is 40.7 Å². The maximum Gasteiger partial charge on any atom is 0.317 e. The van der Waals surface area contributed by atoms with E-state index in [1.807, 2.05) is 26.0 Å². The van der Waals surface area contributed by atoms with Gasteiger partial charge in [0.15, 0.2) is 12.4 Å². The Bertz CT molecular complexity index is 748. The number of hydrogen-bond donors (Lipinski definition) is 1. The zero-order valence-electron chi connectivity index (χ0n) is 16.3. The number of carbonyl (C=O) groups is 1. The lowest BCUT2D eigenvalue weighted by atomic mass is 10.1. The second-order valence-electron chi connectivity index (χ2n) is 7.32. The average Bonchev–Trinajstić information content (AvgIpc) is 3.28. The van der Waals surface area contributed by atoms with E-state index in [0.29, 0.717) is 30.7 Å². The topological polar surface area (TPSA) is 80.5 Å². The van der Waals surface area contributed by atoms with Crippen molar-refractivity contribution in [2.75, 3.05) is 13.6 Å². The van der Waals surface area contributed by atoms with Gasteiger partial charge >= 0.3 is 6.03 Å². The average molecular weight is 372 g/mol. The maximum atomic E-state index is 12.2. The van der Waals surface area contributed by atoms with Gasteiger partial charge in [-0.05, 0) is 49.9 Å². The van der Waals surface area contributed by atoms with Crippen LogP contribution >= 0.6 is 0 Å². The molecule has 0 saturated heterocycles. The summed E-state index contributed by atoms with van der Waals surface area (Å²) in [6.45, 7) is 4.83. The number of carbonyl (C=O) groups excluding carboxylic acids is 1. The lowest BCUT2D eigenvalue weighted by Crippen LogP contribution is -2.42. The summed E-state index contributed by atoms with van der Waals surface area (Å²) < 4.78 is 11.0. The van der Waals surface area contributed by atoms with Crippen LogP contribution in [0.3, 0.4) is 0 Å². The van der Waals surface area contributed by atoms with Gasteiger partial charge in [0, 0.05) is 26.1 Å². The van der Waals surface area contributed by atoms with Crippen LogP contribution in [0.15, 0.2) is 22.7 Å². The Morgan fingerprint density at radius 3 is 2.67 bits per heavy atom. The fourth-order valence-corrected chi connectivity index (χ4v) is 3.34. The van der Waals surface area contributed by atoms with E-state index in [-0.39, 0.29) is 12.6 Å². The number of hydrogen-bond acceptors (Lipinski definition) is 5. The Morgan fingerprint density at radius 1 is 1.26 bits per heavy atom. The number of benzene rings is 1. The quantitative estimate of drug-likeness (QED) is 0.806. The first-order valence-corrected chi connectivity index (χ1v) is 9.54. The van der Waals surface area contributed by atoms with Crippen molar-refractivity contribution in [2.24, 2.45) is 0 Å². The molecule has 1 N–H and O–H groups in total. The summed E-state index contributed by atoms with van der Waals surface area (Å²) >= 11 is 0. The largest absolute Gasteiger partial charge is 0.484 e. The van der Waals surface area contributed by atoms with Crippen molar-refractivity contribution in [1.82, 2.24) is 20.4 Å². The molecule has 0 radical (unpaired) electrons. The van der Waals surface area contributed by atoms with Crippen molar-refractivity contribution < 1.29 is 14.1 Å². The summed E-state index contributed by atoms with van der Waals surface area (Å²) in [4.78, 5) is 18.2. The van der Waals surface area contributed by atoms with Crippen molar-refractivity contribution in [2.45, 2.75) is 58.6 Å². The minimum absolute atomic E-state index is 0.0382. The Hall–Kier alpha value is -2.57. The Kier molecular flexibility index (Phi) is 6.32. The Balaban J connectivity index is 1.44. The van der Waals surface area contributed by atoms with E-state index in [2.05, 4.69) is 21.5 Å². The van der Waals surface area contributed by atoms with E-state index in [1.54, 1.807) is 11.9 Å². The van der Waals surface area contributed by atoms with Crippen molar-refractivity contribution in [1.29, 1.82) is 0 Å². The minimum Gasteiger partial charge on any atom is -0.484 e. The number of aryl methyl sites for hydroxylation is 2. The van der Waals surface area contributed by atoms with E-state index in [9.17, 15) is 4.79 Å². The van der Waals surface area contributed by atoms with Gasteiger partial charge in [-0.1, -0.05) is 24.1 Å². The van der Waals surface area contributed by atoms with Gasteiger partial charge in [-0.3, -0.25) is 0 Å². The van der Waals surface area contributed by atoms with Crippen molar-refractivity contribution in [3.8, 4) is 5.75 Å². The van der Waals surface area contributed by atoms with Gasteiger partial charge in [-0.15, -0.1) is 0 Å². The van der Waals surface area contributed by atoms with Crippen LogP contribution in [0.5, 0.6) is 5.75 Å². The van der Waals surface area contributed by atoms with Gasteiger partial charge < -0.3 is 19.5 Å². The molecule has 2 amide bonds. The van der Waals surface area contributed by atoms with E-state index < -0.39 is 0 Å². The molecule has 1 saturated carbocycles. The van der Waals surface area contributed by atoms with Crippen LogP contribution in [0.25, 0.3) is 0 Å². The number of aromatic nitrogens is 2. The molecule has 1 fully saturated rings. The molecule has 1 aliphatic rings. The summed E-state index contributed by atoms with van der Waals surface area (Å²) in [6, 6.07) is 6.32. The predicted molar refractivity (Wildman–Crippen MR) is 102 cm³/mol. The van der Waals surface area contributed by atoms with E-state index in [1.165, 1.54) is 12.8 Å². The lowest BCUT2D eigenvalue weighted by molar-refractivity contribution is 0.205. The van der Waals surface area contributed by atoms with Gasteiger partial charge in [0.25, 0.3) is 5.89 Å². The first kappa shape index (κ1) is 19.2. The number of nitrogens with zero attached hydrogens (tertiary/aromatic N) is 3. The fraction of sp³-hybridized carbons (Fsp3) is 0.550. The molecule has 0 spiro atoms. The monoisotopic (exact) mass is 372 g/mol. The molecule has 27 heavy (non-hydrogen) atoms. The van der Waals surface area contributed by atoms with Gasteiger partial charge in [0.1, 0.15) is 5.75 Å². The zero-order chi connectivity index (χ0) is 19.2. The number of nitrogens with one attached hydrogen (secondary N) is 1. The molecule has 2 aromatic rings. The fourth-order valence-electron chi connectivity index (χ4n) is 3.34. The lowest BCUT2D eigenvalue weighted by Gasteiger charge is -2.20. The highest BCUT2D eigenvalue weighted by Crippen LogP contribution is 2.18. The Morgan fingerprint density at radius 2 is 1.96 bits per heavy atom. The third kappa shape index (κ3) is 5.70. The summed E-state index contributed by atoms with van der Waals surface area (Å²) in [5.74, 6) is 1.80. The van der Waals surface area contributed by atoms with Crippen LogP contribution in [0, 0.1) is 13.8 Å².